The Morgan fingerprint density at radius 1 is 1.25 bits per heavy atom. The van der Waals surface area contributed by atoms with Gasteiger partial charge in [0.2, 0.25) is 0 Å². The SMILES string of the molecule is COc1ccccc1OCCN1CCCNC(C)(C)C1. The summed E-state index contributed by atoms with van der Waals surface area (Å²) in [7, 11) is 1.67. The van der Waals surface area contributed by atoms with Crippen LogP contribution in [0.2, 0.25) is 0 Å². The molecule has 0 spiro atoms. The zero-order valence-electron chi connectivity index (χ0n) is 12.8. The average molecular weight is 278 g/mol. The van der Waals surface area contributed by atoms with Gasteiger partial charge in [0.15, 0.2) is 11.5 Å². The Hall–Kier alpha value is -1.26. The molecule has 1 aliphatic heterocycles. The maximum atomic E-state index is 5.85. The minimum absolute atomic E-state index is 0.181. The minimum Gasteiger partial charge on any atom is -0.493 e. The van der Waals surface area contributed by atoms with E-state index < -0.39 is 0 Å². The first-order valence-corrected chi connectivity index (χ1v) is 7.34. The molecular formula is C16H26N2O2. The second-order valence-corrected chi connectivity index (χ2v) is 5.94. The molecule has 0 aliphatic carbocycles. The molecule has 20 heavy (non-hydrogen) atoms. The summed E-state index contributed by atoms with van der Waals surface area (Å²) in [6.07, 6.45) is 1.19. The molecule has 0 aromatic heterocycles. The first-order valence-electron chi connectivity index (χ1n) is 7.34. The van der Waals surface area contributed by atoms with E-state index in [0.717, 1.165) is 37.7 Å². The number of nitrogens with zero attached hydrogens (tertiary/aromatic N) is 1. The van der Waals surface area contributed by atoms with Crippen LogP contribution in [0.15, 0.2) is 24.3 Å². The van der Waals surface area contributed by atoms with Crippen LogP contribution in [-0.4, -0.2) is 50.3 Å². The van der Waals surface area contributed by atoms with E-state index in [9.17, 15) is 0 Å². The van der Waals surface area contributed by atoms with Gasteiger partial charge in [-0.1, -0.05) is 12.1 Å². The van der Waals surface area contributed by atoms with Gasteiger partial charge in [-0.3, -0.25) is 4.90 Å². The van der Waals surface area contributed by atoms with Crippen LogP contribution >= 0.6 is 0 Å². The number of para-hydroxylation sites is 2. The molecule has 0 bridgehead atoms. The van der Waals surface area contributed by atoms with Crippen molar-refractivity contribution in [3.63, 3.8) is 0 Å². The van der Waals surface area contributed by atoms with Crippen molar-refractivity contribution in [1.82, 2.24) is 10.2 Å². The third kappa shape index (κ3) is 4.39. The molecule has 4 nitrogen and oxygen atoms in total. The zero-order valence-corrected chi connectivity index (χ0v) is 12.8. The second-order valence-electron chi connectivity index (χ2n) is 5.94. The summed E-state index contributed by atoms with van der Waals surface area (Å²) < 4.78 is 11.1. The first-order chi connectivity index (χ1) is 9.61. The Morgan fingerprint density at radius 2 is 2.00 bits per heavy atom. The van der Waals surface area contributed by atoms with E-state index in [1.165, 1.54) is 6.42 Å². The van der Waals surface area contributed by atoms with Crippen molar-refractivity contribution in [2.45, 2.75) is 25.8 Å². The van der Waals surface area contributed by atoms with Gasteiger partial charge in [0, 0.05) is 18.6 Å². The fourth-order valence-electron chi connectivity index (χ4n) is 2.64. The molecule has 4 heteroatoms. The van der Waals surface area contributed by atoms with E-state index in [0.29, 0.717) is 6.61 Å². The lowest BCUT2D eigenvalue weighted by atomic mass is 10.1. The van der Waals surface area contributed by atoms with Crippen molar-refractivity contribution in [2.75, 3.05) is 39.9 Å². The van der Waals surface area contributed by atoms with Gasteiger partial charge in [-0.25, -0.2) is 0 Å². The lowest BCUT2D eigenvalue weighted by molar-refractivity contribution is 0.184. The summed E-state index contributed by atoms with van der Waals surface area (Å²) in [5.74, 6) is 1.62. The van der Waals surface area contributed by atoms with Gasteiger partial charge < -0.3 is 14.8 Å². The van der Waals surface area contributed by atoms with Crippen LogP contribution < -0.4 is 14.8 Å². The van der Waals surface area contributed by atoms with Crippen molar-refractivity contribution in [3.05, 3.63) is 24.3 Å². The molecular weight excluding hydrogens is 252 g/mol. The largest absolute Gasteiger partial charge is 0.493 e. The highest BCUT2D eigenvalue weighted by molar-refractivity contribution is 5.39. The predicted molar refractivity (Wildman–Crippen MR) is 81.6 cm³/mol. The summed E-state index contributed by atoms with van der Waals surface area (Å²) in [4.78, 5) is 2.47. The van der Waals surface area contributed by atoms with Crippen molar-refractivity contribution in [1.29, 1.82) is 0 Å². The molecule has 1 fully saturated rings. The van der Waals surface area contributed by atoms with Gasteiger partial charge in [0.1, 0.15) is 6.61 Å². The van der Waals surface area contributed by atoms with Crippen LogP contribution in [-0.2, 0) is 0 Å². The van der Waals surface area contributed by atoms with Crippen LogP contribution in [0.1, 0.15) is 20.3 Å². The van der Waals surface area contributed by atoms with E-state index in [2.05, 4.69) is 24.1 Å². The van der Waals surface area contributed by atoms with Crippen LogP contribution in [0.4, 0.5) is 0 Å². The molecule has 1 aromatic carbocycles. The van der Waals surface area contributed by atoms with Crippen molar-refractivity contribution >= 4 is 0 Å². The molecule has 0 amide bonds. The molecule has 1 saturated heterocycles. The summed E-state index contributed by atoms with van der Waals surface area (Å²) in [6.45, 7) is 9.43. The summed E-state index contributed by atoms with van der Waals surface area (Å²) >= 11 is 0. The molecule has 0 unspecified atom stereocenters. The van der Waals surface area contributed by atoms with Gasteiger partial charge in [-0.15, -0.1) is 0 Å². The fourth-order valence-corrected chi connectivity index (χ4v) is 2.64. The summed E-state index contributed by atoms with van der Waals surface area (Å²) in [6, 6.07) is 7.80. The number of methoxy groups -OCH3 is 1. The molecule has 1 aromatic rings. The molecule has 112 valence electrons. The van der Waals surface area contributed by atoms with Gasteiger partial charge in [-0.2, -0.15) is 0 Å². The molecule has 0 saturated carbocycles. The quantitative estimate of drug-likeness (QED) is 0.895. The Labute approximate surface area is 122 Å². The highest BCUT2D eigenvalue weighted by atomic mass is 16.5. The fraction of sp³-hybridized carbons (Fsp3) is 0.625. The molecule has 2 rings (SSSR count). The monoisotopic (exact) mass is 278 g/mol. The van der Waals surface area contributed by atoms with E-state index in [1.807, 2.05) is 24.3 Å². The highest BCUT2D eigenvalue weighted by Gasteiger charge is 2.23. The molecule has 1 aliphatic rings. The number of nitrogens with one attached hydrogen (secondary N) is 1. The van der Waals surface area contributed by atoms with Gasteiger partial charge in [-0.05, 0) is 45.5 Å². The van der Waals surface area contributed by atoms with Crippen LogP contribution in [0, 0.1) is 0 Å². The summed E-state index contributed by atoms with van der Waals surface area (Å²) in [5.41, 5.74) is 0.181. The average Bonchev–Trinajstić information content (AvgIpc) is 2.60. The Kier molecular flexibility index (Phi) is 5.26. The number of hydrogen-bond donors (Lipinski definition) is 1. The minimum atomic E-state index is 0.181. The van der Waals surface area contributed by atoms with Crippen molar-refractivity contribution in [3.8, 4) is 11.5 Å². The molecule has 1 N–H and O–H groups in total. The van der Waals surface area contributed by atoms with E-state index in [4.69, 9.17) is 9.47 Å². The molecule has 0 radical (unpaired) electrons. The maximum absolute atomic E-state index is 5.85. The number of ether oxygens (including phenoxy) is 2. The van der Waals surface area contributed by atoms with Crippen molar-refractivity contribution < 1.29 is 9.47 Å². The molecule has 0 atom stereocenters. The smallest absolute Gasteiger partial charge is 0.161 e. The third-order valence-corrected chi connectivity index (χ3v) is 3.61. The second kappa shape index (κ2) is 6.95. The number of rotatable bonds is 5. The van der Waals surface area contributed by atoms with Gasteiger partial charge >= 0.3 is 0 Å². The topological polar surface area (TPSA) is 33.7 Å². The number of benzene rings is 1. The normalized spacial score (nSPS) is 19.4. The maximum Gasteiger partial charge on any atom is 0.161 e. The van der Waals surface area contributed by atoms with Crippen molar-refractivity contribution in [2.24, 2.45) is 0 Å². The predicted octanol–water partition coefficient (Wildman–Crippen LogP) is 2.15. The first kappa shape index (κ1) is 15.1. The third-order valence-electron chi connectivity index (χ3n) is 3.61. The summed E-state index contributed by atoms with van der Waals surface area (Å²) in [5, 5.41) is 3.57. The lowest BCUT2D eigenvalue weighted by Crippen LogP contribution is -2.47. The Balaban J connectivity index is 1.83. The van der Waals surface area contributed by atoms with Crippen LogP contribution in [0.25, 0.3) is 0 Å². The van der Waals surface area contributed by atoms with Crippen LogP contribution in [0.5, 0.6) is 11.5 Å². The van der Waals surface area contributed by atoms with E-state index in [1.54, 1.807) is 7.11 Å². The Morgan fingerprint density at radius 3 is 2.75 bits per heavy atom. The lowest BCUT2D eigenvalue weighted by Gasteiger charge is -2.29. The molecule has 1 heterocycles. The van der Waals surface area contributed by atoms with Gasteiger partial charge in [0.05, 0.1) is 7.11 Å². The zero-order chi connectivity index (χ0) is 14.4. The van der Waals surface area contributed by atoms with Gasteiger partial charge in [0.25, 0.3) is 0 Å². The standard InChI is InChI=1S/C16H26N2O2/c1-16(2)13-18(10-6-9-17-16)11-12-20-15-8-5-4-7-14(15)19-3/h4-5,7-8,17H,6,9-13H2,1-3H3. The highest BCUT2D eigenvalue weighted by Crippen LogP contribution is 2.25. The van der Waals surface area contributed by atoms with E-state index >= 15 is 0 Å². The Bertz CT molecular complexity index is 421. The number of hydrogen-bond acceptors (Lipinski definition) is 4. The van der Waals surface area contributed by atoms with E-state index in [-0.39, 0.29) is 5.54 Å². The van der Waals surface area contributed by atoms with Crippen LogP contribution in [0.3, 0.4) is 0 Å².